The first-order chi connectivity index (χ1) is 14.9. The molecule has 2 N–H and O–H groups in total. The number of aliphatic imine (C=N–C) groups is 1. The highest BCUT2D eigenvalue weighted by Crippen LogP contribution is 2.29. The Labute approximate surface area is 184 Å². The van der Waals surface area contributed by atoms with Gasteiger partial charge >= 0.3 is 6.61 Å². The van der Waals surface area contributed by atoms with E-state index in [1.165, 1.54) is 7.11 Å². The summed E-state index contributed by atoms with van der Waals surface area (Å²) in [5.41, 5.74) is 0.861. The van der Waals surface area contributed by atoms with Crippen molar-refractivity contribution in [2.45, 2.75) is 39.9 Å². The zero-order chi connectivity index (χ0) is 22.6. The van der Waals surface area contributed by atoms with Gasteiger partial charge in [0.15, 0.2) is 17.5 Å². The van der Waals surface area contributed by atoms with E-state index in [1.807, 2.05) is 13.0 Å². The fourth-order valence-electron chi connectivity index (χ4n) is 3.50. The number of guanidine groups is 1. The Balaban J connectivity index is 1.87. The molecule has 2 rings (SSSR count). The number of halogens is 2. The van der Waals surface area contributed by atoms with Gasteiger partial charge in [-0.2, -0.15) is 8.78 Å². The molecule has 0 aliphatic carbocycles. The SMILES string of the molecule is CCNC(=NCC1CN(CC(C)C)CCO1)NCCc1ccc(OC)c(OC(F)F)c1. The predicted molar refractivity (Wildman–Crippen MR) is 118 cm³/mol. The van der Waals surface area contributed by atoms with Crippen LogP contribution in [0.1, 0.15) is 26.3 Å². The molecule has 1 aliphatic rings. The number of hydrogen-bond acceptors (Lipinski definition) is 5. The van der Waals surface area contributed by atoms with Crippen molar-refractivity contribution in [1.82, 2.24) is 15.5 Å². The third-order valence-electron chi connectivity index (χ3n) is 4.79. The van der Waals surface area contributed by atoms with Gasteiger partial charge in [0.1, 0.15) is 0 Å². The number of nitrogens with zero attached hydrogens (tertiary/aromatic N) is 2. The van der Waals surface area contributed by atoms with Gasteiger partial charge in [0, 0.05) is 32.7 Å². The highest BCUT2D eigenvalue weighted by atomic mass is 19.3. The van der Waals surface area contributed by atoms with Crippen molar-refractivity contribution in [1.29, 1.82) is 0 Å². The summed E-state index contributed by atoms with van der Waals surface area (Å²) in [6, 6.07) is 5.05. The molecular weight excluding hydrogens is 406 g/mol. The summed E-state index contributed by atoms with van der Waals surface area (Å²) in [5, 5.41) is 6.52. The minimum atomic E-state index is -2.90. The maximum atomic E-state index is 12.6. The normalized spacial score (nSPS) is 17.8. The summed E-state index contributed by atoms with van der Waals surface area (Å²) in [6.07, 6.45) is 0.703. The molecule has 1 atom stereocenters. The van der Waals surface area contributed by atoms with Gasteiger partial charge in [0.2, 0.25) is 0 Å². The molecule has 0 radical (unpaired) electrons. The van der Waals surface area contributed by atoms with Gasteiger partial charge in [-0.1, -0.05) is 19.9 Å². The quantitative estimate of drug-likeness (QED) is 0.406. The van der Waals surface area contributed by atoms with Crippen LogP contribution in [0, 0.1) is 5.92 Å². The maximum absolute atomic E-state index is 12.6. The fraction of sp³-hybridized carbons (Fsp3) is 0.682. The van der Waals surface area contributed by atoms with Gasteiger partial charge < -0.3 is 24.8 Å². The Morgan fingerprint density at radius 2 is 2.10 bits per heavy atom. The average Bonchev–Trinajstić information content (AvgIpc) is 2.71. The summed E-state index contributed by atoms with van der Waals surface area (Å²) < 4.78 is 40.7. The van der Waals surface area contributed by atoms with Gasteiger partial charge in [-0.3, -0.25) is 9.89 Å². The van der Waals surface area contributed by atoms with E-state index < -0.39 is 6.61 Å². The lowest BCUT2D eigenvalue weighted by Crippen LogP contribution is -2.46. The molecule has 1 fully saturated rings. The number of nitrogens with one attached hydrogen (secondary N) is 2. The predicted octanol–water partition coefficient (Wildman–Crippen LogP) is 2.75. The Kier molecular flexibility index (Phi) is 10.8. The van der Waals surface area contributed by atoms with Crippen molar-refractivity contribution in [2.75, 3.05) is 53.0 Å². The van der Waals surface area contributed by atoms with Crippen LogP contribution in [0.3, 0.4) is 0 Å². The zero-order valence-electron chi connectivity index (χ0n) is 19.0. The van der Waals surface area contributed by atoms with Crippen LogP contribution in [0.15, 0.2) is 23.2 Å². The van der Waals surface area contributed by atoms with Crippen LogP contribution in [-0.2, 0) is 11.2 Å². The number of hydrogen-bond donors (Lipinski definition) is 2. The Morgan fingerprint density at radius 3 is 2.77 bits per heavy atom. The van der Waals surface area contributed by atoms with Crippen LogP contribution >= 0.6 is 0 Å². The van der Waals surface area contributed by atoms with Gasteiger partial charge in [-0.15, -0.1) is 0 Å². The minimum absolute atomic E-state index is 0.0379. The monoisotopic (exact) mass is 442 g/mol. The van der Waals surface area contributed by atoms with Crippen molar-refractivity contribution in [3.05, 3.63) is 23.8 Å². The minimum Gasteiger partial charge on any atom is -0.493 e. The molecule has 1 unspecified atom stereocenters. The lowest BCUT2D eigenvalue weighted by atomic mass is 10.1. The standard InChI is InChI=1S/C22H36F2N4O3/c1-5-25-22(27-13-18-15-28(10-11-30-18)14-16(2)3)26-9-8-17-6-7-19(29-4)20(12-17)31-21(23)24/h6-7,12,16,18,21H,5,8-11,13-15H2,1-4H3,(H2,25,26,27). The molecule has 0 bridgehead atoms. The summed E-state index contributed by atoms with van der Waals surface area (Å²) in [5.74, 6) is 1.66. The molecule has 176 valence electrons. The molecular formula is C22H36F2N4O3. The molecule has 0 saturated carbocycles. The van der Waals surface area contributed by atoms with E-state index in [0.29, 0.717) is 31.4 Å². The number of benzene rings is 1. The molecule has 0 spiro atoms. The molecule has 31 heavy (non-hydrogen) atoms. The second-order valence-corrected chi connectivity index (χ2v) is 7.91. The van der Waals surface area contributed by atoms with E-state index in [9.17, 15) is 8.78 Å². The molecule has 0 amide bonds. The molecule has 7 nitrogen and oxygen atoms in total. The molecule has 1 aromatic rings. The highest BCUT2D eigenvalue weighted by molar-refractivity contribution is 5.79. The van der Waals surface area contributed by atoms with Crippen LogP contribution < -0.4 is 20.1 Å². The van der Waals surface area contributed by atoms with Crippen molar-refractivity contribution in [3.63, 3.8) is 0 Å². The Hall–Kier alpha value is -2.13. The average molecular weight is 443 g/mol. The highest BCUT2D eigenvalue weighted by Gasteiger charge is 2.20. The van der Waals surface area contributed by atoms with Crippen LogP contribution in [0.4, 0.5) is 8.78 Å². The van der Waals surface area contributed by atoms with Gasteiger partial charge in [-0.25, -0.2) is 0 Å². The molecule has 1 aromatic carbocycles. The van der Waals surface area contributed by atoms with E-state index in [1.54, 1.807) is 12.1 Å². The van der Waals surface area contributed by atoms with E-state index in [2.05, 4.69) is 39.1 Å². The second kappa shape index (κ2) is 13.3. The first-order valence-electron chi connectivity index (χ1n) is 10.9. The second-order valence-electron chi connectivity index (χ2n) is 7.91. The van der Waals surface area contributed by atoms with E-state index in [0.717, 1.165) is 38.3 Å². The zero-order valence-corrected chi connectivity index (χ0v) is 19.0. The fourth-order valence-corrected chi connectivity index (χ4v) is 3.50. The first kappa shape index (κ1) is 25.1. The summed E-state index contributed by atoms with van der Waals surface area (Å²) >= 11 is 0. The van der Waals surface area contributed by atoms with Crippen molar-refractivity contribution < 1.29 is 23.0 Å². The molecule has 1 saturated heterocycles. The van der Waals surface area contributed by atoms with Crippen molar-refractivity contribution >= 4 is 5.96 Å². The van der Waals surface area contributed by atoms with Crippen LogP contribution in [-0.4, -0.2) is 76.6 Å². The van der Waals surface area contributed by atoms with E-state index >= 15 is 0 Å². The van der Waals surface area contributed by atoms with E-state index in [-0.39, 0.29) is 17.6 Å². The van der Waals surface area contributed by atoms with Gasteiger partial charge in [-0.05, 0) is 37.0 Å². The summed E-state index contributed by atoms with van der Waals surface area (Å²) in [4.78, 5) is 7.09. The number of ether oxygens (including phenoxy) is 3. The number of alkyl halides is 2. The van der Waals surface area contributed by atoms with E-state index in [4.69, 9.17) is 9.47 Å². The lowest BCUT2D eigenvalue weighted by Gasteiger charge is -2.33. The topological polar surface area (TPSA) is 67.4 Å². The third-order valence-corrected chi connectivity index (χ3v) is 4.79. The lowest BCUT2D eigenvalue weighted by molar-refractivity contribution is -0.0512. The molecule has 0 aromatic heterocycles. The summed E-state index contributed by atoms with van der Waals surface area (Å²) in [6.45, 7) is 9.14. The molecule has 1 heterocycles. The van der Waals surface area contributed by atoms with Crippen LogP contribution in [0.5, 0.6) is 11.5 Å². The number of methoxy groups -OCH3 is 1. The molecule has 9 heteroatoms. The Bertz CT molecular complexity index is 689. The largest absolute Gasteiger partial charge is 0.493 e. The summed E-state index contributed by atoms with van der Waals surface area (Å²) in [7, 11) is 1.42. The number of rotatable bonds is 11. The van der Waals surface area contributed by atoms with Gasteiger partial charge in [0.25, 0.3) is 0 Å². The maximum Gasteiger partial charge on any atom is 0.387 e. The number of morpholine rings is 1. The Morgan fingerprint density at radius 1 is 1.29 bits per heavy atom. The van der Waals surface area contributed by atoms with Crippen molar-refractivity contribution in [3.8, 4) is 11.5 Å². The first-order valence-corrected chi connectivity index (χ1v) is 10.9. The smallest absolute Gasteiger partial charge is 0.387 e. The van der Waals surface area contributed by atoms with Gasteiger partial charge in [0.05, 0.1) is 26.4 Å². The molecule has 1 aliphatic heterocycles. The third kappa shape index (κ3) is 9.26. The van der Waals surface area contributed by atoms with Crippen molar-refractivity contribution in [2.24, 2.45) is 10.9 Å². The van der Waals surface area contributed by atoms with Crippen LogP contribution in [0.25, 0.3) is 0 Å². The van der Waals surface area contributed by atoms with Crippen LogP contribution in [0.2, 0.25) is 0 Å².